The van der Waals surface area contributed by atoms with Crippen molar-refractivity contribution in [1.82, 2.24) is 15.1 Å². The number of ether oxygens (including phenoxy) is 2. The Labute approximate surface area is 202 Å². The molecule has 1 N–H and O–H groups in total. The van der Waals surface area contributed by atoms with Gasteiger partial charge < -0.3 is 19.7 Å². The summed E-state index contributed by atoms with van der Waals surface area (Å²) in [6.07, 6.45) is 1.16. The summed E-state index contributed by atoms with van der Waals surface area (Å²) < 4.78 is 10.9. The first-order valence-electron chi connectivity index (χ1n) is 10.7. The minimum Gasteiger partial charge on any atom is -0.497 e. The van der Waals surface area contributed by atoms with Crippen LogP contribution in [0.4, 0.5) is 0 Å². The van der Waals surface area contributed by atoms with E-state index in [9.17, 15) is 0 Å². The van der Waals surface area contributed by atoms with Crippen LogP contribution in [0.1, 0.15) is 22.6 Å². The topological polar surface area (TPSA) is 49.3 Å². The molecule has 1 aliphatic carbocycles. The molecule has 0 amide bonds. The van der Waals surface area contributed by atoms with Crippen LogP contribution in [-0.4, -0.2) is 69.8 Å². The maximum Gasteiger partial charge on any atom is 0.193 e. The van der Waals surface area contributed by atoms with Crippen LogP contribution >= 0.6 is 24.0 Å². The number of methoxy groups -OCH3 is 2. The highest BCUT2D eigenvalue weighted by Crippen LogP contribution is 2.34. The molecule has 4 rings (SSSR count). The van der Waals surface area contributed by atoms with Crippen LogP contribution in [0.3, 0.4) is 0 Å². The van der Waals surface area contributed by atoms with Crippen LogP contribution in [0.2, 0.25) is 0 Å². The standard InChI is InChI=1S/C24H32N4O2.HI/c1-25-24(26-16-19-14-18-6-4-5-7-22(18)19)28-12-10-27(11-13-28)17-20-15-21(29-2)8-9-23(20)30-3;/h4-9,15,19H,10-14,16-17H2,1-3H3,(H,25,26);1H. The first-order valence-corrected chi connectivity index (χ1v) is 10.7. The van der Waals surface area contributed by atoms with E-state index < -0.39 is 0 Å². The van der Waals surface area contributed by atoms with Crippen molar-refractivity contribution in [3.8, 4) is 11.5 Å². The molecule has 1 atom stereocenters. The van der Waals surface area contributed by atoms with E-state index in [1.165, 1.54) is 11.1 Å². The normalized spacial score (nSPS) is 18.5. The Bertz CT molecular complexity index is 897. The molecule has 6 nitrogen and oxygen atoms in total. The molecule has 1 heterocycles. The first-order chi connectivity index (χ1) is 14.7. The Morgan fingerprint density at radius 1 is 1.06 bits per heavy atom. The molecule has 2 aromatic carbocycles. The average molecular weight is 536 g/mol. The average Bonchev–Trinajstić information content (AvgIpc) is 2.77. The second kappa shape index (κ2) is 11.0. The molecule has 0 aromatic heterocycles. The van der Waals surface area contributed by atoms with E-state index in [0.717, 1.165) is 68.7 Å². The van der Waals surface area contributed by atoms with Gasteiger partial charge in [-0.05, 0) is 35.7 Å². The van der Waals surface area contributed by atoms with Gasteiger partial charge >= 0.3 is 0 Å². The number of rotatable bonds is 6. The predicted octanol–water partition coefficient (Wildman–Crippen LogP) is 3.35. The minimum atomic E-state index is 0. The summed E-state index contributed by atoms with van der Waals surface area (Å²) in [5.74, 6) is 3.39. The molecule has 168 valence electrons. The highest BCUT2D eigenvalue weighted by atomic mass is 127. The van der Waals surface area contributed by atoms with Gasteiger partial charge in [0.05, 0.1) is 14.2 Å². The molecular formula is C24H33IN4O2. The Balaban J connectivity index is 0.00000272. The summed E-state index contributed by atoms with van der Waals surface area (Å²) in [4.78, 5) is 9.36. The lowest BCUT2D eigenvalue weighted by molar-refractivity contribution is 0.171. The summed E-state index contributed by atoms with van der Waals surface area (Å²) in [6.45, 7) is 5.73. The fourth-order valence-electron chi connectivity index (χ4n) is 4.46. The van der Waals surface area contributed by atoms with Crippen LogP contribution in [0, 0.1) is 0 Å². The smallest absolute Gasteiger partial charge is 0.193 e. The number of piperazine rings is 1. The monoisotopic (exact) mass is 536 g/mol. The number of hydrogen-bond acceptors (Lipinski definition) is 4. The zero-order valence-corrected chi connectivity index (χ0v) is 21.0. The van der Waals surface area contributed by atoms with Gasteiger partial charge in [-0.1, -0.05) is 24.3 Å². The van der Waals surface area contributed by atoms with Crippen molar-refractivity contribution in [3.63, 3.8) is 0 Å². The quantitative estimate of drug-likeness (QED) is 0.349. The fraction of sp³-hybridized carbons (Fsp3) is 0.458. The highest BCUT2D eigenvalue weighted by molar-refractivity contribution is 14.0. The largest absolute Gasteiger partial charge is 0.497 e. The zero-order chi connectivity index (χ0) is 20.9. The molecule has 7 heteroatoms. The maximum atomic E-state index is 5.54. The lowest BCUT2D eigenvalue weighted by Gasteiger charge is -2.38. The van der Waals surface area contributed by atoms with Gasteiger partial charge in [-0.15, -0.1) is 24.0 Å². The molecule has 0 radical (unpaired) electrons. The first kappa shape index (κ1) is 23.7. The summed E-state index contributed by atoms with van der Waals surface area (Å²) >= 11 is 0. The molecule has 0 bridgehead atoms. The highest BCUT2D eigenvalue weighted by Gasteiger charge is 2.26. The van der Waals surface area contributed by atoms with Gasteiger partial charge in [0.15, 0.2) is 5.96 Å². The van der Waals surface area contributed by atoms with Gasteiger partial charge in [-0.25, -0.2) is 0 Å². The van der Waals surface area contributed by atoms with E-state index in [-0.39, 0.29) is 24.0 Å². The van der Waals surface area contributed by atoms with Gasteiger partial charge in [0.2, 0.25) is 0 Å². The van der Waals surface area contributed by atoms with E-state index in [4.69, 9.17) is 9.47 Å². The van der Waals surface area contributed by atoms with E-state index in [1.54, 1.807) is 14.2 Å². The summed E-state index contributed by atoms with van der Waals surface area (Å²) in [6, 6.07) is 14.7. The number of fused-ring (bicyclic) bond motifs is 1. The summed E-state index contributed by atoms with van der Waals surface area (Å²) in [5.41, 5.74) is 4.13. The predicted molar refractivity (Wildman–Crippen MR) is 136 cm³/mol. The zero-order valence-electron chi connectivity index (χ0n) is 18.6. The third-order valence-corrected chi connectivity index (χ3v) is 6.23. The molecule has 0 spiro atoms. The van der Waals surface area contributed by atoms with Gasteiger partial charge in [0.1, 0.15) is 11.5 Å². The number of nitrogens with one attached hydrogen (secondary N) is 1. The van der Waals surface area contributed by atoms with Gasteiger partial charge in [0, 0.05) is 57.8 Å². The number of guanidine groups is 1. The van der Waals surface area contributed by atoms with Crippen molar-refractivity contribution in [2.24, 2.45) is 4.99 Å². The van der Waals surface area contributed by atoms with Crippen LogP contribution in [-0.2, 0) is 13.0 Å². The third kappa shape index (κ3) is 5.44. The summed E-state index contributed by atoms with van der Waals surface area (Å²) in [7, 11) is 5.30. The van der Waals surface area contributed by atoms with E-state index in [0.29, 0.717) is 5.92 Å². The Morgan fingerprint density at radius 2 is 1.84 bits per heavy atom. The van der Waals surface area contributed by atoms with Crippen molar-refractivity contribution < 1.29 is 9.47 Å². The Morgan fingerprint density at radius 3 is 2.52 bits per heavy atom. The molecule has 31 heavy (non-hydrogen) atoms. The summed E-state index contributed by atoms with van der Waals surface area (Å²) in [5, 5.41) is 3.60. The molecule has 1 aliphatic heterocycles. The molecule has 0 saturated carbocycles. The van der Waals surface area contributed by atoms with Crippen molar-refractivity contribution >= 4 is 29.9 Å². The SMILES string of the molecule is CN=C(NCC1Cc2ccccc21)N1CCN(Cc2cc(OC)ccc2OC)CC1.I. The van der Waals surface area contributed by atoms with Crippen LogP contribution in [0.25, 0.3) is 0 Å². The number of benzene rings is 2. The fourth-order valence-corrected chi connectivity index (χ4v) is 4.46. The minimum absolute atomic E-state index is 0. The molecule has 1 unspecified atom stereocenters. The second-order valence-corrected chi connectivity index (χ2v) is 7.97. The van der Waals surface area contributed by atoms with Gasteiger partial charge in [0.25, 0.3) is 0 Å². The van der Waals surface area contributed by atoms with E-state index in [1.807, 2.05) is 19.2 Å². The van der Waals surface area contributed by atoms with Gasteiger partial charge in [-0.3, -0.25) is 9.89 Å². The maximum absolute atomic E-state index is 5.54. The molecule has 1 saturated heterocycles. The van der Waals surface area contributed by atoms with Crippen LogP contribution < -0.4 is 14.8 Å². The molecule has 1 fully saturated rings. The Kier molecular flexibility index (Phi) is 8.43. The molecular weight excluding hydrogens is 503 g/mol. The van der Waals surface area contributed by atoms with E-state index in [2.05, 4.69) is 50.4 Å². The van der Waals surface area contributed by atoms with Gasteiger partial charge in [-0.2, -0.15) is 0 Å². The van der Waals surface area contributed by atoms with Crippen LogP contribution in [0.15, 0.2) is 47.5 Å². The van der Waals surface area contributed by atoms with Crippen molar-refractivity contribution in [2.45, 2.75) is 18.9 Å². The third-order valence-electron chi connectivity index (χ3n) is 6.23. The van der Waals surface area contributed by atoms with E-state index >= 15 is 0 Å². The van der Waals surface area contributed by atoms with Crippen molar-refractivity contribution in [1.29, 1.82) is 0 Å². The van der Waals surface area contributed by atoms with Crippen LogP contribution in [0.5, 0.6) is 11.5 Å². The second-order valence-electron chi connectivity index (χ2n) is 7.97. The lowest BCUT2D eigenvalue weighted by atomic mass is 9.78. The number of aliphatic imine (C=N–C) groups is 1. The van der Waals surface area contributed by atoms with Crippen molar-refractivity contribution in [2.75, 3.05) is 54.0 Å². The number of halogens is 1. The Hall–Kier alpha value is -2.00. The van der Waals surface area contributed by atoms with Crippen molar-refractivity contribution in [3.05, 3.63) is 59.2 Å². The molecule has 2 aliphatic rings. The number of nitrogens with zero attached hydrogens (tertiary/aromatic N) is 3. The molecule has 2 aromatic rings. The number of hydrogen-bond donors (Lipinski definition) is 1. The lowest BCUT2D eigenvalue weighted by Crippen LogP contribution is -2.52.